The number of methoxy groups -OCH3 is 1. The number of nitrogens with two attached hydrogens (primary N) is 1. The number of primary sulfonamides is 1. The topological polar surface area (TPSA) is 104 Å². The lowest BCUT2D eigenvalue weighted by Crippen LogP contribution is -2.19. The van der Waals surface area contributed by atoms with Crippen LogP contribution in [0.1, 0.15) is 21.5 Å². The number of carbonyl (C=O) groups excluding carboxylic acids is 1. The van der Waals surface area contributed by atoms with E-state index in [-0.39, 0.29) is 10.8 Å². The Morgan fingerprint density at radius 1 is 1.03 bits per heavy atom. The Kier molecular flexibility index (Phi) is 6.85. The number of ether oxygens (including phenoxy) is 1. The number of nitrogens with zero attached hydrogens (tertiary/aromatic N) is 2. The third-order valence-electron chi connectivity index (χ3n) is 5.15. The summed E-state index contributed by atoms with van der Waals surface area (Å²) in [5.41, 5.74) is 3.54. The molecule has 4 rings (SSSR count). The van der Waals surface area contributed by atoms with Crippen LogP contribution in [0, 0.1) is 0 Å². The van der Waals surface area contributed by atoms with Gasteiger partial charge in [-0.2, -0.15) is 4.99 Å². The standard InChI is InChI=1S/C24H23N3O4S2/c1-31-14-13-27-21-12-11-20(33(25,29)30)16-22(21)32-24(27)26-23(28)19-9-7-18(8-10-19)15-17-5-3-2-4-6-17/h2-12,16H,13-15H2,1H3,(H2,25,29,30). The van der Waals surface area contributed by atoms with E-state index in [1.807, 2.05) is 34.9 Å². The van der Waals surface area contributed by atoms with Crippen molar-refractivity contribution >= 4 is 37.5 Å². The maximum absolute atomic E-state index is 12.9. The van der Waals surface area contributed by atoms with E-state index in [1.54, 1.807) is 25.3 Å². The van der Waals surface area contributed by atoms with Crippen LogP contribution in [0.3, 0.4) is 0 Å². The number of carbonyl (C=O) groups is 1. The smallest absolute Gasteiger partial charge is 0.279 e. The van der Waals surface area contributed by atoms with Crippen LogP contribution in [0.2, 0.25) is 0 Å². The van der Waals surface area contributed by atoms with Gasteiger partial charge in [0.1, 0.15) is 0 Å². The lowest BCUT2D eigenvalue weighted by molar-refractivity contribution is 0.0997. The van der Waals surface area contributed by atoms with Gasteiger partial charge in [-0.25, -0.2) is 13.6 Å². The molecule has 0 radical (unpaired) electrons. The molecule has 0 saturated heterocycles. The minimum absolute atomic E-state index is 0.0158. The fourth-order valence-electron chi connectivity index (χ4n) is 3.46. The van der Waals surface area contributed by atoms with E-state index >= 15 is 0 Å². The monoisotopic (exact) mass is 481 g/mol. The van der Waals surface area contributed by atoms with Gasteiger partial charge in [0, 0.05) is 19.2 Å². The third kappa shape index (κ3) is 5.45. The molecule has 2 N–H and O–H groups in total. The SMILES string of the molecule is COCCn1c(=NC(=O)c2ccc(Cc3ccccc3)cc2)sc2cc(S(N)(=O)=O)ccc21. The second-order valence-corrected chi connectivity index (χ2v) is 10.1. The average molecular weight is 482 g/mol. The van der Waals surface area contributed by atoms with Gasteiger partial charge in [0.25, 0.3) is 5.91 Å². The highest BCUT2D eigenvalue weighted by Gasteiger charge is 2.14. The predicted molar refractivity (Wildman–Crippen MR) is 129 cm³/mol. The fourth-order valence-corrected chi connectivity index (χ4v) is 5.17. The molecular formula is C24H23N3O4S2. The van der Waals surface area contributed by atoms with Gasteiger partial charge in [-0.3, -0.25) is 4.79 Å². The summed E-state index contributed by atoms with van der Waals surface area (Å²) < 4.78 is 31.2. The van der Waals surface area contributed by atoms with Gasteiger partial charge >= 0.3 is 0 Å². The quantitative estimate of drug-likeness (QED) is 0.437. The van der Waals surface area contributed by atoms with E-state index in [0.29, 0.717) is 28.2 Å². The summed E-state index contributed by atoms with van der Waals surface area (Å²) in [5, 5.41) is 5.26. The first-order valence-corrected chi connectivity index (χ1v) is 12.6. The zero-order chi connectivity index (χ0) is 23.4. The number of hydrogen-bond donors (Lipinski definition) is 1. The average Bonchev–Trinajstić information content (AvgIpc) is 3.14. The van der Waals surface area contributed by atoms with E-state index in [0.717, 1.165) is 17.5 Å². The molecule has 0 atom stereocenters. The van der Waals surface area contributed by atoms with E-state index in [2.05, 4.69) is 17.1 Å². The molecule has 0 aliphatic heterocycles. The molecule has 4 aromatic rings. The van der Waals surface area contributed by atoms with Crippen molar-refractivity contribution in [1.82, 2.24) is 4.57 Å². The first kappa shape index (κ1) is 23.1. The maximum atomic E-state index is 12.9. The lowest BCUT2D eigenvalue weighted by Gasteiger charge is -2.05. The lowest BCUT2D eigenvalue weighted by atomic mass is 10.0. The van der Waals surface area contributed by atoms with Crippen LogP contribution >= 0.6 is 11.3 Å². The molecule has 9 heteroatoms. The van der Waals surface area contributed by atoms with Gasteiger partial charge in [-0.1, -0.05) is 53.8 Å². The predicted octanol–water partition coefficient (Wildman–Crippen LogP) is 3.33. The van der Waals surface area contributed by atoms with Crippen LogP contribution in [0.25, 0.3) is 10.2 Å². The van der Waals surface area contributed by atoms with Crippen molar-refractivity contribution in [3.63, 3.8) is 0 Å². The van der Waals surface area contributed by atoms with E-state index < -0.39 is 10.0 Å². The Morgan fingerprint density at radius 3 is 2.39 bits per heavy atom. The molecule has 3 aromatic carbocycles. The highest BCUT2D eigenvalue weighted by atomic mass is 32.2. The van der Waals surface area contributed by atoms with E-state index in [4.69, 9.17) is 9.88 Å². The van der Waals surface area contributed by atoms with Crippen LogP contribution < -0.4 is 9.94 Å². The summed E-state index contributed by atoms with van der Waals surface area (Å²) >= 11 is 1.23. The van der Waals surface area contributed by atoms with Gasteiger partial charge in [-0.05, 0) is 47.9 Å². The zero-order valence-corrected chi connectivity index (χ0v) is 19.6. The van der Waals surface area contributed by atoms with Gasteiger partial charge in [0.2, 0.25) is 10.0 Å². The number of fused-ring (bicyclic) bond motifs is 1. The van der Waals surface area contributed by atoms with Crippen molar-refractivity contribution in [3.05, 3.63) is 94.3 Å². The minimum atomic E-state index is -3.83. The molecule has 0 bridgehead atoms. The second kappa shape index (κ2) is 9.80. The molecule has 0 aliphatic rings. The molecule has 1 aromatic heterocycles. The summed E-state index contributed by atoms with van der Waals surface area (Å²) in [5.74, 6) is -0.370. The molecule has 0 saturated carbocycles. The number of aromatic nitrogens is 1. The molecule has 33 heavy (non-hydrogen) atoms. The zero-order valence-electron chi connectivity index (χ0n) is 18.0. The maximum Gasteiger partial charge on any atom is 0.279 e. The van der Waals surface area contributed by atoms with Crippen molar-refractivity contribution in [1.29, 1.82) is 0 Å². The molecule has 7 nitrogen and oxygen atoms in total. The molecule has 170 valence electrons. The van der Waals surface area contributed by atoms with E-state index in [9.17, 15) is 13.2 Å². The molecule has 0 spiro atoms. The van der Waals surface area contributed by atoms with Crippen LogP contribution in [0.15, 0.2) is 82.7 Å². The molecule has 0 unspecified atom stereocenters. The minimum Gasteiger partial charge on any atom is -0.383 e. The molecule has 0 aliphatic carbocycles. The van der Waals surface area contributed by atoms with Crippen molar-refractivity contribution in [2.45, 2.75) is 17.9 Å². The van der Waals surface area contributed by atoms with Gasteiger partial charge < -0.3 is 9.30 Å². The number of thiazole rings is 1. The Morgan fingerprint density at radius 2 is 1.73 bits per heavy atom. The van der Waals surface area contributed by atoms with Crippen molar-refractivity contribution in [2.75, 3.05) is 13.7 Å². The van der Waals surface area contributed by atoms with Crippen LogP contribution in [-0.4, -0.2) is 32.6 Å². The number of benzene rings is 3. The first-order chi connectivity index (χ1) is 15.8. The van der Waals surface area contributed by atoms with Crippen molar-refractivity contribution < 1.29 is 17.9 Å². The first-order valence-electron chi connectivity index (χ1n) is 10.2. The normalized spacial score (nSPS) is 12.4. The molecule has 0 fully saturated rings. The number of hydrogen-bond acceptors (Lipinski definition) is 5. The molecule has 1 heterocycles. The summed E-state index contributed by atoms with van der Waals surface area (Å²) in [7, 11) is -2.24. The number of sulfonamides is 1. The Bertz CT molecular complexity index is 1460. The van der Waals surface area contributed by atoms with Gasteiger partial charge in [0.15, 0.2) is 4.80 Å². The summed E-state index contributed by atoms with van der Waals surface area (Å²) in [6, 6.07) is 22.1. The molecule has 1 amide bonds. The van der Waals surface area contributed by atoms with Crippen molar-refractivity contribution in [3.8, 4) is 0 Å². The Hall–Kier alpha value is -3.11. The number of amides is 1. The third-order valence-corrected chi connectivity index (χ3v) is 7.10. The summed E-state index contributed by atoms with van der Waals surface area (Å²) in [6.07, 6.45) is 0.784. The Balaban J connectivity index is 1.67. The number of rotatable bonds is 7. The summed E-state index contributed by atoms with van der Waals surface area (Å²) in [4.78, 5) is 17.7. The second-order valence-electron chi connectivity index (χ2n) is 7.48. The van der Waals surface area contributed by atoms with Crippen LogP contribution in [0.4, 0.5) is 0 Å². The van der Waals surface area contributed by atoms with Gasteiger partial charge in [-0.15, -0.1) is 0 Å². The van der Waals surface area contributed by atoms with Crippen LogP contribution in [-0.2, 0) is 27.7 Å². The van der Waals surface area contributed by atoms with Crippen molar-refractivity contribution in [2.24, 2.45) is 10.1 Å². The highest BCUT2D eigenvalue weighted by molar-refractivity contribution is 7.89. The largest absolute Gasteiger partial charge is 0.383 e. The molecular weight excluding hydrogens is 458 g/mol. The fraction of sp³-hybridized carbons (Fsp3) is 0.167. The summed E-state index contributed by atoms with van der Waals surface area (Å²) in [6.45, 7) is 0.881. The highest BCUT2D eigenvalue weighted by Crippen LogP contribution is 2.21. The van der Waals surface area contributed by atoms with E-state index in [1.165, 1.54) is 29.0 Å². The van der Waals surface area contributed by atoms with Crippen LogP contribution in [0.5, 0.6) is 0 Å². The van der Waals surface area contributed by atoms with Gasteiger partial charge in [0.05, 0.1) is 21.7 Å². The Labute approximate surface area is 195 Å².